The molecule has 0 spiro atoms. The van der Waals surface area contributed by atoms with E-state index in [0.717, 1.165) is 32.2 Å². The van der Waals surface area contributed by atoms with Crippen LogP contribution in [0.15, 0.2) is 77.3 Å². The van der Waals surface area contributed by atoms with E-state index in [1.54, 1.807) is 0 Å². The lowest BCUT2D eigenvalue weighted by Crippen LogP contribution is -1.95. The summed E-state index contributed by atoms with van der Waals surface area (Å²) in [7, 11) is 0. The Labute approximate surface area is 153 Å². The van der Waals surface area contributed by atoms with Crippen LogP contribution in [-0.4, -0.2) is 9.97 Å². The molecule has 4 aromatic rings. The molecule has 0 unspecified atom stereocenters. The summed E-state index contributed by atoms with van der Waals surface area (Å²) in [6, 6.07) is 23.8. The van der Waals surface area contributed by atoms with Crippen LogP contribution in [0, 0.1) is 0 Å². The molecule has 0 radical (unpaired) electrons. The van der Waals surface area contributed by atoms with Crippen molar-refractivity contribution in [3.8, 4) is 22.6 Å². The SMILES string of the molecule is Clc1ccc2nc(-c3ccc(Br)cc3)nc(-c3ccccc3)c2c1. The molecule has 0 saturated heterocycles. The Morgan fingerprint density at radius 3 is 2.25 bits per heavy atom. The molecule has 0 amide bonds. The number of hydrogen-bond donors (Lipinski definition) is 0. The first-order valence-corrected chi connectivity index (χ1v) is 8.66. The first-order chi connectivity index (χ1) is 11.7. The standard InChI is InChI=1S/C20H12BrClN2/c21-15-8-6-14(7-9-15)20-23-18-11-10-16(22)12-17(18)19(24-20)13-4-2-1-3-5-13/h1-12H. The quantitative estimate of drug-likeness (QED) is 0.393. The highest BCUT2D eigenvalue weighted by atomic mass is 79.9. The van der Waals surface area contributed by atoms with Gasteiger partial charge in [0.15, 0.2) is 5.82 Å². The Bertz CT molecular complexity index is 1010. The van der Waals surface area contributed by atoms with Crippen molar-refractivity contribution in [2.75, 3.05) is 0 Å². The summed E-state index contributed by atoms with van der Waals surface area (Å²) in [4.78, 5) is 9.54. The third kappa shape index (κ3) is 2.93. The van der Waals surface area contributed by atoms with Gasteiger partial charge in [0, 0.05) is 26.0 Å². The van der Waals surface area contributed by atoms with Crippen LogP contribution in [0.25, 0.3) is 33.5 Å². The number of nitrogens with zero attached hydrogens (tertiary/aromatic N) is 2. The molecule has 0 atom stereocenters. The molecule has 0 fully saturated rings. The highest BCUT2D eigenvalue weighted by Gasteiger charge is 2.11. The second-order valence-corrected chi connectivity index (χ2v) is 6.78. The molecule has 3 aromatic carbocycles. The lowest BCUT2D eigenvalue weighted by atomic mass is 10.1. The minimum absolute atomic E-state index is 0.680. The average molecular weight is 396 g/mol. The minimum Gasteiger partial charge on any atom is -0.228 e. The van der Waals surface area contributed by atoms with Crippen LogP contribution in [0.1, 0.15) is 0 Å². The van der Waals surface area contributed by atoms with E-state index in [0.29, 0.717) is 10.8 Å². The van der Waals surface area contributed by atoms with Crippen molar-refractivity contribution in [2.45, 2.75) is 0 Å². The zero-order chi connectivity index (χ0) is 16.5. The van der Waals surface area contributed by atoms with Gasteiger partial charge in [-0.1, -0.05) is 70.0 Å². The number of halogens is 2. The Morgan fingerprint density at radius 2 is 1.50 bits per heavy atom. The van der Waals surface area contributed by atoms with Crippen molar-refractivity contribution >= 4 is 38.4 Å². The molecule has 2 nitrogen and oxygen atoms in total. The van der Waals surface area contributed by atoms with Crippen molar-refractivity contribution in [2.24, 2.45) is 0 Å². The Kier molecular flexibility index (Phi) is 4.05. The van der Waals surface area contributed by atoms with Gasteiger partial charge in [-0.05, 0) is 30.3 Å². The van der Waals surface area contributed by atoms with Crippen LogP contribution in [0.3, 0.4) is 0 Å². The van der Waals surface area contributed by atoms with E-state index < -0.39 is 0 Å². The van der Waals surface area contributed by atoms with E-state index in [9.17, 15) is 0 Å². The summed E-state index contributed by atoms with van der Waals surface area (Å²) in [5, 5.41) is 1.63. The van der Waals surface area contributed by atoms with Crippen LogP contribution in [0.4, 0.5) is 0 Å². The second kappa shape index (κ2) is 6.34. The predicted octanol–water partition coefficient (Wildman–Crippen LogP) is 6.38. The predicted molar refractivity (Wildman–Crippen MR) is 103 cm³/mol. The van der Waals surface area contributed by atoms with Gasteiger partial charge in [0.05, 0.1) is 11.2 Å². The van der Waals surface area contributed by atoms with Crippen LogP contribution in [-0.2, 0) is 0 Å². The maximum Gasteiger partial charge on any atom is 0.160 e. The number of rotatable bonds is 2. The maximum atomic E-state index is 6.19. The lowest BCUT2D eigenvalue weighted by Gasteiger charge is -2.10. The van der Waals surface area contributed by atoms with E-state index in [-0.39, 0.29) is 0 Å². The van der Waals surface area contributed by atoms with Crippen molar-refractivity contribution in [1.82, 2.24) is 9.97 Å². The summed E-state index contributed by atoms with van der Waals surface area (Å²) >= 11 is 9.65. The smallest absolute Gasteiger partial charge is 0.160 e. The van der Waals surface area contributed by atoms with Gasteiger partial charge >= 0.3 is 0 Å². The van der Waals surface area contributed by atoms with Crippen LogP contribution in [0.5, 0.6) is 0 Å². The molecule has 0 saturated carbocycles. The number of fused-ring (bicyclic) bond motifs is 1. The lowest BCUT2D eigenvalue weighted by molar-refractivity contribution is 1.23. The molecule has 4 heteroatoms. The summed E-state index contributed by atoms with van der Waals surface area (Å²) in [6.07, 6.45) is 0. The first kappa shape index (κ1) is 15.3. The molecule has 116 valence electrons. The fraction of sp³-hybridized carbons (Fsp3) is 0. The largest absolute Gasteiger partial charge is 0.228 e. The van der Waals surface area contributed by atoms with Crippen molar-refractivity contribution in [3.63, 3.8) is 0 Å². The average Bonchev–Trinajstić information content (AvgIpc) is 2.62. The maximum absolute atomic E-state index is 6.19. The van der Waals surface area contributed by atoms with Crippen molar-refractivity contribution in [1.29, 1.82) is 0 Å². The van der Waals surface area contributed by atoms with Crippen molar-refractivity contribution in [3.05, 3.63) is 82.3 Å². The molecule has 0 aliphatic rings. The van der Waals surface area contributed by atoms with Gasteiger partial charge in [-0.3, -0.25) is 0 Å². The van der Waals surface area contributed by atoms with Gasteiger partial charge in [-0.15, -0.1) is 0 Å². The molecule has 1 heterocycles. The second-order valence-electron chi connectivity index (χ2n) is 5.43. The van der Waals surface area contributed by atoms with Gasteiger partial charge in [0.2, 0.25) is 0 Å². The monoisotopic (exact) mass is 394 g/mol. The third-order valence-corrected chi connectivity index (χ3v) is 4.57. The molecule has 0 bridgehead atoms. The molecular formula is C20H12BrClN2. The first-order valence-electron chi connectivity index (χ1n) is 7.49. The molecule has 24 heavy (non-hydrogen) atoms. The molecular weight excluding hydrogens is 384 g/mol. The minimum atomic E-state index is 0.680. The number of aromatic nitrogens is 2. The van der Waals surface area contributed by atoms with Crippen LogP contribution < -0.4 is 0 Å². The van der Waals surface area contributed by atoms with E-state index in [1.165, 1.54) is 0 Å². The molecule has 4 rings (SSSR count). The van der Waals surface area contributed by atoms with E-state index >= 15 is 0 Å². The van der Waals surface area contributed by atoms with E-state index in [2.05, 4.69) is 15.9 Å². The fourth-order valence-electron chi connectivity index (χ4n) is 2.64. The third-order valence-electron chi connectivity index (χ3n) is 3.81. The summed E-state index contributed by atoms with van der Waals surface area (Å²) in [5.41, 5.74) is 3.80. The van der Waals surface area contributed by atoms with Crippen LogP contribution >= 0.6 is 27.5 Å². The zero-order valence-corrected chi connectivity index (χ0v) is 14.9. The fourth-order valence-corrected chi connectivity index (χ4v) is 3.08. The highest BCUT2D eigenvalue weighted by molar-refractivity contribution is 9.10. The molecule has 0 aliphatic heterocycles. The van der Waals surface area contributed by atoms with Crippen molar-refractivity contribution < 1.29 is 0 Å². The zero-order valence-electron chi connectivity index (χ0n) is 12.6. The summed E-state index contributed by atoms with van der Waals surface area (Å²) < 4.78 is 1.03. The van der Waals surface area contributed by atoms with E-state index in [1.807, 2.05) is 72.8 Å². The molecule has 0 N–H and O–H groups in total. The van der Waals surface area contributed by atoms with E-state index in [4.69, 9.17) is 21.6 Å². The van der Waals surface area contributed by atoms with Gasteiger partial charge in [0.25, 0.3) is 0 Å². The summed E-state index contributed by atoms with van der Waals surface area (Å²) in [6.45, 7) is 0. The topological polar surface area (TPSA) is 25.8 Å². The summed E-state index contributed by atoms with van der Waals surface area (Å²) in [5.74, 6) is 0.705. The normalized spacial score (nSPS) is 10.9. The Hall–Kier alpha value is -2.23. The number of benzene rings is 3. The highest BCUT2D eigenvalue weighted by Crippen LogP contribution is 2.31. The Morgan fingerprint density at radius 1 is 0.750 bits per heavy atom. The van der Waals surface area contributed by atoms with Crippen LogP contribution in [0.2, 0.25) is 5.02 Å². The molecule has 0 aliphatic carbocycles. The van der Waals surface area contributed by atoms with Gasteiger partial charge < -0.3 is 0 Å². The van der Waals surface area contributed by atoms with Gasteiger partial charge in [-0.2, -0.15) is 0 Å². The van der Waals surface area contributed by atoms with Gasteiger partial charge in [0.1, 0.15) is 0 Å². The molecule has 1 aromatic heterocycles. The Balaban J connectivity index is 2.00. The number of hydrogen-bond acceptors (Lipinski definition) is 2. The van der Waals surface area contributed by atoms with Gasteiger partial charge in [-0.25, -0.2) is 9.97 Å².